The summed E-state index contributed by atoms with van der Waals surface area (Å²) in [7, 11) is 3.61. The molecule has 236 valence electrons. The molecule has 0 aliphatic carbocycles. The molecule has 0 radical (unpaired) electrons. The summed E-state index contributed by atoms with van der Waals surface area (Å²) in [6, 6.07) is 0. The van der Waals surface area contributed by atoms with Crippen LogP contribution in [-0.4, -0.2) is 111 Å². The summed E-state index contributed by atoms with van der Waals surface area (Å²) in [4.78, 5) is 68.2. The van der Waals surface area contributed by atoms with Gasteiger partial charge in [-0.05, 0) is 5.92 Å². The highest BCUT2D eigenvalue weighted by Gasteiger charge is 2.53. The normalized spacial score (nSPS) is 21.7. The molecule has 0 N–H and O–H groups in total. The summed E-state index contributed by atoms with van der Waals surface area (Å²) in [6.45, 7) is 8.12. The standard InChI is InChI=1S/C23H32NO11.C2HF3O2/c1-9-10-24(7,8)11-13(2)22(29)30-12-18-19(31-14(3)25)20(32-15(4)26)21(33-16(5)27)23(35-18)34-17(6)28;3-2(4,5)1(6)7/h1,18-21,23H,2,10-12H2,3-8H3;(H,6,7)/q+1;/p-1/t18-,19-,20+,21-,23-;/m1./s1. The number of rotatable bonds is 10. The molecule has 1 fully saturated rings. The van der Waals surface area contributed by atoms with Crippen molar-refractivity contribution in [2.24, 2.45) is 0 Å². The number of carboxylic acid groups (broad SMARTS) is 1. The smallest absolute Gasteiger partial charge is 0.430 e. The van der Waals surface area contributed by atoms with E-state index in [9.17, 15) is 37.1 Å². The Morgan fingerprint density at radius 2 is 1.31 bits per heavy atom. The van der Waals surface area contributed by atoms with Gasteiger partial charge in [0, 0.05) is 27.7 Å². The van der Waals surface area contributed by atoms with Crippen LogP contribution >= 0.6 is 0 Å². The molecule has 0 aromatic rings. The second-order valence-electron chi connectivity index (χ2n) is 9.32. The summed E-state index contributed by atoms with van der Waals surface area (Å²) < 4.78 is 63.6. The van der Waals surface area contributed by atoms with Gasteiger partial charge < -0.3 is 42.8 Å². The van der Waals surface area contributed by atoms with Crippen LogP contribution in [0.4, 0.5) is 13.2 Å². The summed E-state index contributed by atoms with van der Waals surface area (Å²) in [5, 5.41) is 8.78. The second kappa shape index (κ2) is 16.3. The first-order chi connectivity index (χ1) is 19.1. The van der Waals surface area contributed by atoms with Crippen molar-refractivity contribution in [1.29, 1.82) is 0 Å². The molecule has 0 amide bonds. The molecule has 42 heavy (non-hydrogen) atoms. The van der Waals surface area contributed by atoms with Crippen LogP contribution in [0.2, 0.25) is 0 Å². The third-order valence-electron chi connectivity index (χ3n) is 4.82. The number of carboxylic acids is 1. The van der Waals surface area contributed by atoms with Crippen molar-refractivity contribution in [2.75, 3.05) is 33.8 Å². The van der Waals surface area contributed by atoms with Crippen LogP contribution in [-0.2, 0) is 57.2 Å². The Bertz CT molecular complexity index is 1080. The first-order valence-electron chi connectivity index (χ1n) is 11.8. The van der Waals surface area contributed by atoms with Gasteiger partial charge in [-0.2, -0.15) is 13.2 Å². The minimum atomic E-state index is -5.19. The molecule has 1 heterocycles. The zero-order valence-corrected chi connectivity index (χ0v) is 23.7. The number of terminal acetylenes is 1. The van der Waals surface area contributed by atoms with Gasteiger partial charge in [0.25, 0.3) is 0 Å². The number of likely N-dealkylation sites (N-methyl/N-ethyl adjacent to an activating group) is 1. The number of aliphatic carboxylic acids is 1. The number of hydrogen-bond acceptors (Lipinski definition) is 13. The van der Waals surface area contributed by atoms with E-state index in [-0.39, 0.29) is 16.6 Å². The van der Waals surface area contributed by atoms with Gasteiger partial charge in [-0.15, -0.1) is 6.42 Å². The number of ether oxygens (including phenoxy) is 6. The zero-order valence-electron chi connectivity index (χ0n) is 23.7. The zero-order chi connectivity index (χ0) is 33.0. The van der Waals surface area contributed by atoms with E-state index in [1.165, 1.54) is 0 Å². The average molecular weight is 612 g/mol. The van der Waals surface area contributed by atoms with Crippen LogP contribution in [0.3, 0.4) is 0 Å². The van der Waals surface area contributed by atoms with E-state index in [0.29, 0.717) is 6.54 Å². The first kappa shape index (κ1) is 37.8. The topological polar surface area (TPSA) is 181 Å². The number of nitrogens with zero attached hydrogens (tertiary/aromatic N) is 1. The summed E-state index contributed by atoms with van der Waals surface area (Å²) in [5.41, 5.74) is 0.121. The Morgan fingerprint density at radius 3 is 1.71 bits per heavy atom. The highest BCUT2D eigenvalue weighted by atomic mass is 19.4. The van der Waals surface area contributed by atoms with E-state index >= 15 is 0 Å². The lowest BCUT2D eigenvalue weighted by Crippen LogP contribution is -2.63. The summed E-state index contributed by atoms with van der Waals surface area (Å²) in [5.74, 6) is -4.44. The van der Waals surface area contributed by atoms with E-state index in [2.05, 4.69) is 12.5 Å². The molecular weight excluding hydrogens is 579 g/mol. The number of esters is 5. The van der Waals surface area contributed by atoms with Gasteiger partial charge >= 0.3 is 36.0 Å². The van der Waals surface area contributed by atoms with Crippen molar-refractivity contribution in [3.05, 3.63) is 12.2 Å². The molecule has 0 spiro atoms. The fourth-order valence-corrected chi connectivity index (χ4v) is 3.39. The van der Waals surface area contributed by atoms with Gasteiger partial charge in [0.05, 0.1) is 19.7 Å². The fourth-order valence-electron chi connectivity index (χ4n) is 3.39. The number of quaternary nitrogens is 1. The van der Waals surface area contributed by atoms with Crippen LogP contribution < -0.4 is 5.11 Å². The van der Waals surface area contributed by atoms with E-state index in [1.54, 1.807) is 0 Å². The maximum absolute atomic E-state index is 12.5. The third kappa shape index (κ3) is 13.9. The SMILES string of the molecule is C#CC[N+](C)(C)CC(=C)C(=O)OC[C@H]1O[C@@H](OC(C)=O)[C@H](OC(C)=O)[C@@H](OC(C)=O)[C@@H]1OC(C)=O.O=C([O-])C(F)(F)F. The van der Waals surface area contributed by atoms with Crippen molar-refractivity contribution < 1.29 is 79.9 Å². The predicted octanol–water partition coefficient (Wildman–Crippen LogP) is -0.823. The maximum Gasteiger partial charge on any atom is 0.430 e. The Kier molecular flexibility index (Phi) is 14.7. The molecule has 1 rings (SSSR count). The first-order valence-corrected chi connectivity index (χ1v) is 11.8. The molecule has 0 unspecified atom stereocenters. The number of hydrogen-bond donors (Lipinski definition) is 0. The van der Waals surface area contributed by atoms with E-state index < -0.39 is 79.3 Å². The lowest BCUT2D eigenvalue weighted by molar-refractivity contribution is -0.878. The fraction of sp³-hybridized carbons (Fsp3) is 0.600. The molecule has 0 saturated carbocycles. The average Bonchev–Trinajstić information content (AvgIpc) is 2.79. The monoisotopic (exact) mass is 611 g/mol. The Balaban J connectivity index is 0.00000212. The molecular formula is C25H32F3NO13. The quantitative estimate of drug-likeness (QED) is 0.0983. The lowest BCUT2D eigenvalue weighted by atomic mass is 9.98. The Morgan fingerprint density at radius 1 is 0.881 bits per heavy atom. The van der Waals surface area contributed by atoms with Gasteiger partial charge in [-0.1, -0.05) is 6.58 Å². The predicted molar refractivity (Wildman–Crippen MR) is 129 cm³/mol. The highest BCUT2D eigenvalue weighted by molar-refractivity contribution is 5.88. The van der Waals surface area contributed by atoms with Crippen LogP contribution in [0.25, 0.3) is 0 Å². The summed E-state index contributed by atoms with van der Waals surface area (Å²) >= 11 is 0. The van der Waals surface area contributed by atoms with Gasteiger partial charge in [-0.25, -0.2) is 4.79 Å². The van der Waals surface area contributed by atoms with Gasteiger partial charge in [0.15, 0.2) is 12.2 Å². The third-order valence-corrected chi connectivity index (χ3v) is 4.82. The molecule has 1 aliphatic rings. The number of alkyl halides is 3. The van der Waals surface area contributed by atoms with Gasteiger partial charge in [0.1, 0.15) is 31.8 Å². The van der Waals surface area contributed by atoms with Crippen molar-refractivity contribution in [3.8, 4) is 12.3 Å². The molecule has 1 saturated heterocycles. The van der Waals surface area contributed by atoms with E-state index in [4.69, 9.17) is 44.7 Å². The van der Waals surface area contributed by atoms with Gasteiger partial charge in [0.2, 0.25) is 12.4 Å². The maximum atomic E-state index is 12.5. The Labute approximate surface area is 239 Å². The van der Waals surface area contributed by atoms with Crippen molar-refractivity contribution >= 4 is 35.8 Å². The highest BCUT2D eigenvalue weighted by Crippen LogP contribution is 2.30. The van der Waals surface area contributed by atoms with E-state index in [1.807, 2.05) is 14.1 Å². The summed E-state index contributed by atoms with van der Waals surface area (Å²) in [6.07, 6.45) is -6.93. The number of carbonyl (C=O) groups excluding carboxylic acids is 6. The number of halogens is 3. The molecule has 17 heteroatoms. The van der Waals surface area contributed by atoms with Crippen molar-refractivity contribution in [3.63, 3.8) is 0 Å². The second-order valence-corrected chi connectivity index (χ2v) is 9.32. The lowest BCUT2D eigenvalue weighted by Gasteiger charge is -2.43. The van der Waals surface area contributed by atoms with Crippen molar-refractivity contribution in [1.82, 2.24) is 0 Å². The molecule has 14 nitrogen and oxygen atoms in total. The largest absolute Gasteiger partial charge is 0.542 e. The molecule has 0 bridgehead atoms. The molecule has 5 atom stereocenters. The van der Waals surface area contributed by atoms with E-state index in [0.717, 1.165) is 27.7 Å². The van der Waals surface area contributed by atoms with Crippen LogP contribution in [0.5, 0.6) is 0 Å². The molecule has 0 aromatic heterocycles. The Hall–Kier alpha value is -4.17. The van der Waals surface area contributed by atoms with Crippen LogP contribution in [0, 0.1) is 12.3 Å². The van der Waals surface area contributed by atoms with Crippen molar-refractivity contribution in [2.45, 2.75) is 64.6 Å². The molecule has 1 aliphatic heterocycles. The number of carbonyl (C=O) groups is 6. The molecule has 0 aromatic carbocycles. The van der Waals surface area contributed by atoms with Crippen LogP contribution in [0.15, 0.2) is 12.2 Å². The minimum Gasteiger partial charge on any atom is -0.542 e. The van der Waals surface area contributed by atoms with Crippen LogP contribution in [0.1, 0.15) is 27.7 Å². The minimum absolute atomic E-state index is 0.121. The van der Waals surface area contributed by atoms with Gasteiger partial charge in [-0.3, -0.25) is 19.2 Å².